The van der Waals surface area contributed by atoms with E-state index < -0.39 is 11.9 Å². The Morgan fingerprint density at radius 2 is 1.71 bits per heavy atom. The first-order chi connectivity index (χ1) is 11.3. The minimum Gasteiger partial charge on any atom is -0.490 e. The van der Waals surface area contributed by atoms with Crippen molar-refractivity contribution in [1.82, 2.24) is 4.90 Å². The first kappa shape index (κ1) is 20.2. The molecular formula is C16H22ClNO6. The lowest BCUT2D eigenvalue weighted by Crippen LogP contribution is -2.38. The second-order valence-corrected chi connectivity index (χ2v) is 5.63. The number of aliphatic carboxylic acids is 2. The molecule has 2 rings (SSSR count). The van der Waals surface area contributed by atoms with Crippen molar-refractivity contribution in [3.8, 4) is 5.75 Å². The molecule has 0 aliphatic carbocycles. The summed E-state index contributed by atoms with van der Waals surface area (Å²) in [5.41, 5.74) is 2.15. The monoisotopic (exact) mass is 359 g/mol. The van der Waals surface area contributed by atoms with Crippen LogP contribution in [0.5, 0.6) is 5.75 Å². The summed E-state index contributed by atoms with van der Waals surface area (Å²) in [6.07, 6.45) is 0. The number of hydrogen-bond donors (Lipinski definition) is 2. The Morgan fingerprint density at radius 1 is 1.17 bits per heavy atom. The molecule has 0 spiro atoms. The molecule has 1 aliphatic rings. The van der Waals surface area contributed by atoms with E-state index in [-0.39, 0.29) is 0 Å². The SMILES string of the molecule is Cc1ccc(C)c(OCCN2CCOCC2)c1Cl.O=C(O)C(=O)O. The highest BCUT2D eigenvalue weighted by Gasteiger charge is 2.12. The number of carboxylic acid groups (broad SMARTS) is 2. The predicted molar refractivity (Wildman–Crippen MR) is 89.0 cm³/mol. The van der Waals surface area contributed by atoms with E-state index in [0.29, 0.717) is 6.61 Å². The van der Waals surface area contributed by atoms with Gasteiger partial charge in [-0.2, -0.15) is 0 Å². The predicted octanol–water partition coefficient (Wildman–Crippen LogP) is 1.82. The number of morpholine rings is 1. The van der Waals surface area contributed by atoms with Crippen LogP contribution in [0.2, 0.25) is 5.02 Å². The van der Waals surface area contributed by atoms with Gasteiger partial charge in [0.2, 0.25) is 0 Å². The van der Waals surface area contributed by atoms with Crippen molar-refractivity contribution in [3.05, 3.63) is 28.3 Å². The van der Waals surface area contributed by atoms with Gasteiger partial charge in [0.25, 0.3) is 0 Å². The van der Waals surface area contributed by atoms with Gasteiger partial charge < -0.3 is 19.7 Å². The molecule has 8 heteroatoms. The number of benzene rings is 1. The summed E-state index contributed by atoms with van der Waals surface area (Å²) in [6, 6.07) is 4.07. The van der Waals surface area contributed by atoms with Crippen molar-refractivity contribution in [2.45, 2.75) is 13.8 Å². The summed E-state index contributed by atoms with van der Waals surface area (Å²) in [6.45, 7) is 9.24. The van der Waals surface area contributed by atoms with Crippen LogP contribution in [-0.4, -0.2) is 66.5 Å². The van der Waals surface area contributed by atoms with E-state index in [0.717, 1.165) is 54.7 Å². The lowest BCUT2D eigenvalue weighted by molar-refractivity contribution is -0.159. The topological polar surface area (TPSA) is 96.3 Å². The second kappa shape index (κ2) is 10.1. The summed E-state index contributed by atoms with van der Waals surface area (Å²) in [4.78, 5) is 20.5. The third-order valence-corrected chi connectivity index (χ3v) is 3.90. The number of ether oxygens (including phenoxy) is 2. The van der Waals surface area contributed by atoms with Gasteiger partial charge in [-0.15, -0.1) is 0 Å². The molecule has 2 N–H and O–H groups in total. The van der Waals surface area contributed by atoms with Crippen LogP contribution in [0.4, 0.5) is 0 Å². The van der Waals surface area contributed by atoms with Crippen molar-refractivity contribution in [2.24, 2.45) is 0 Å². The molecule has 0 atom stereocenters. The smallest absolute Gasteiger partial charge is 0.414 e. The van der Waals surface area contributed by atoms with E-state index in [2.05, 4.69) is 4.90 Å². The Bertz CT molecular complexity index is 560. The molecule has 0 aromatic heterocycles. The summed E-state index contributed by atoms with van der Waals surface area (Å²) in [7, 11) is 0. The molecule has 1 heterocycles. The number of rotatable bonds is 4. The van der Waals surface area contributed by atoms with Crippen LogP contribution in [0.3, 0.4) is 0 Å². The maximum atomic E-state index is 9.10. The average Bonchev–Trinajstić information content (AvgIpc) is 2.56. The molecule has 0 unspecified atom stereocenters. The quantitative estimate of drug-likeness (QED) is 0.791. The zero-order chi connectivity index (χ0) is 18.1. The summed E-state index contributed by atoms with van der Waals surface area (Å²) in [5, 5.41) is 15.5. The van der Waals surface area contributed by atoms with Crippen LogP contribution >= 0.6 is 11.6 Å². The molecule has 1 aliphatic heterocycles. The minimum absolute atomic E-state index is 0.671. The van der Waals surface area contributed by atoms with Gasteiger partial charge in [-0.1, -0.05) is 23.7 Å². The first-order valence-electron chi connectivity index (χ1n) is 7.47. The van der Waals surface area contributed by atoms with E-state index in [4.69, 9.17) is 40.9 Å². The highest BCUT2D eigenvalue weighted by molar-refractivity contribution is 6.32. The van der Waals surface area contributed by atoms with Crippen LogP contribution in [0.25, 0.3) is 0 Å². The molecule has 0 saturated carbocycles. The van der Waals surface area contributed by atoms with Crippen molar-refractivity contribution < 1.29 is 29.3 Å². The zero-order valence-electron chi connectivity index (χ0n) is 13.7. The van der Waals surface area contributed by atoms with Crippen molar-refractivity contribution >= 4 is 23.5 Å². The van der Waals surface area contributed by atoms with E-state index in [9.17, 15) is 0 Å². The number of nitrogens with zero attached hydrogens (tertiary/aromatic N) is 1. The molecule has 0 radical (unpaired) electrons. The fourth-order valence-corrected chi connectivity index (χ4v) is 2.30. The van der Waals surface area contributed by atoms with E-state index in [1.807, 2.05) is 26.0 Å². The molecule has 1 fully saturated rings. The number of hydrogen-bond acceptors (Lipinski definition) is 5. The molecule has 1 aromatic carbocycles. The van der Waals surface area contributed by atoms with Crippen LogP contribution in [0.15, 0.2) is 12.1 Å². The third-order valence-electron chi connectivity index (χ3n) is 3.43. The van der Waals surface area contributed by atoms with Gasteiger partial charge in [-0.25, -0.2) is 9.59 Å². The first-order valence-corrected chi connectivity index (χ1v) is 7.85. The maximum Gasteiger partial charge on any atom is 0.414 e. The number of carboxylic acids is 2. The molecule has 0 bridgehead atoms. The Balaban J connectivity index is 0.000000413. The van der Waals surface area contributed by atoms with Gasteiger partial charge in [0.05, 0.1) is 18.2 Å². The third kappa shape index (κ3) is 6.74. The molecule has 1 saturated heterocycles. The number of carbonyl (C=O) groups is 2. The van der Waals surface area contributed by atoms with Crippen LogP contribution < -0.4 is 4.74 Å². The van der Waals surface area contributed by atoms with Gasteiger partial charge in [0, 0.05) is 19.6 Å². The largest absolute Gasteiger partial charge is 0.490 e. The Kier molecular flexibility index (Phi) is 8.53. The fraction of sp³-hybridized carbons (Fsp3) is 0.500. The average molecular weight is 360 g/mol. The summed E-state index contributed by atoms with van der Waals surface area (Å²) < 4.78 is 11.2. The van der Waals surface area contributed by atoms with Crippen molar-refractivity contribution in [2.75, 3.05) is 39.5 Å². The number of aryl methyl sites for hydroxylation is 2. The summed E-state index contributed by atoms with van der Waals surface area (Å²) >= 11 is 6.26. The minimum atomic E-state index is -1.82. The molecule has 1 aromatic rings. The van der Waals surface area contributed by atoms with Gasteiger partial charge >= 0.3 is 11.9 Å². The molecular weight excluding hydrogens is 338 g/mol. The van der Waals surface area contributed by atoms with E-state index >= 15 is 0 Å². The lowest BCUT2D eigenvalue weighted by atomic mass is 10.1. The fourth-order valence-electron chi connectivity index (χ4n) is 2.03. The van der Waals surface area contributed by atoms with Crippen LogP contribution in [-0.2, 0) is 14.3 Å². The molecule has 24 heavy (non-hydrogen) atoms. The normalized spacial score (nSPS) is 14.5. The molecule has 7 nitrogen and oxygen atoms in total. The highest BCUT2D eigenvalue weighted by atomic mass is 35.5. The Hall–Kier alpha value is -1.83. The van der Waals surface area contributed by atoms with Gasteiger partial charge in [-0.3, -0.25) is 4.90 Å². The Morgan fingerprint density at radius 3 is 2.25 bits per heavy atom. The van der Waals surface area contributed by atoms with Gasteiger partial charge in [0.1, 0.15) is 12.4 Å². The van der Waals surface area contributed by atoms with Crippen molar-refractivity contribution in [1.29, 1.82) is 0 Å². The standard InChI is InChI=1S/C14H20ClNO2.C2H2O4/c1-11-3-4-12(2)14(13(11)15)18-10-7-16-5-8-17-9-6-16;3-1(4)2(5)6/h3-4H,5-10H2,1-2H3;(H,3,4)(H,5,6). The second-order valence-electron chi connectivity index (χ2n) is 5.26. The molecule has 134 valence electrons. The van der Waals surface area contributed by atoms with E-state index in [1.165, 1.54) is 0 Å². The molecule has 0 amide bonds. The highest BCUT2D eigenvalue weighted by Crippen LogP contribution is 2.31. The van der Waals surface area contributed by atoms with Gasteiger partial charge in [-0.05, 0) is 25.0 Å². The van der Waals surface area contributed by atoms with E-state index in [1.54, 1.807) is 0 Å². The summed E-state index contributed by atoms with van der Waals surface area (Å²) in [5.74, 6) is -2.82. The van der Waals surface area contributed by atoms with Crippen LogP contribution in [0, 0.1) is 13.8 Å². The van der Waals surface area contributed by atoms with Crippen molar-refractivity contribution in [3.63, 3.8) is 0 Å². The van der Waals surface area contributed by atoms with Gasteiger partial charge in [0.15, 0.2) is 0 Å². The maximum absolute atomic E-state index is 9.10. The Labute approximate surface area is 145 Å². The van der Waals surface area contributed by atoms with Crippen LogP contribution in [0.1, 0.15) is 11.1 Å². The number of halogens is 1. The lowest BCUT2D eigenvalue weighted by Gasteiger charge is -2.26. The zero-order valence-corrected chi connectivity index (χ0v) is 14.5.